The fourth-order valence-electron chi connectivity index (χ4n) is 2.42. The molecule has 0 aliphatic heterocycles. The minimum Gasteiger partial charge on any atom is -0.481 e. The second-order valence-corrected chi connectivity index (χ2v) is 4.53. The predicted octanol–water partition coefficient (Wildman–Crippen LogP) is 1.59. The molecule has 2 rings (SSSR count). The summed E-state index contributed by atoms with van der Waals surface area (Å²) in [6, 6.07) is 8.37. The zero-order chi connectivity index (χ0) is 11.5. The number of rotatable bonds is 4. The monoisotopic (exact) mass is 219 g/mol. The lowest BCUT2D eigenvalue weighted by atomic mass is 9.94. The van der Waals surface area contributed by atoms with Crippen LogP contribution in [0.1, 0.15) is 24.0 Å². The molecule has 0 bridgehead atoms. The topological polar surface area (TPSA) is 63.3 Å². The average molecular weight is 219 g/mol. The molecule has 0 heterocycles. The van der Waals surface area contributed by atoms with Crippen molar-refractivity contribution < 1.29 is 9.90 Å². The second kappa shape index (κ2) is 4.66. The van der Waals surface area contributed by atoms with E-state index in [1.165, 1.54) is 11.1 Å². The summed E-state index contributed by atoms with van der Waals surface area (Å²) in [5.41, 5.74) is 8.79. The minimum atomic E-state index is -0.758. The third kappa shape index (κ3) is 2.42. The van der Waals surface area contributed by atoms with Crippen LogP contribution < -0.4 is 5.73 Å². The van der Waals surface area contributed by atoms with Crippen LogP contribution in [0.3, 0.4) is 0 Å². The fourth-order valence-corrected chi connectivity index (χ4v) is 2.42. The molecule has 0 fully saturated rings. The highest BCUT2D eigenvalue weighted by molar-refractivity contribution is 5.66. The van der Waals surface area contributed by atoms with Gasteiger partial charge >= 0.3 is 5.97 Å². The highest BCUT2D eigenvalue weighted by atomic mass is 16.4. The fraction of sp³-hybridized carbons (Fsp3) is 0.462. The number of carbonyl (C=O) groups is 1. The molecule has 1 aromatic rings. The van der Waals surface area contributed by atoms with E-state index in [1.54, 1.807) is 0 Å². The molecule has 0 saturated heterocycles. The highest BCUT2D eigenvalue weighted by Crippen LogP contribution is 2.29. The Hall–Kier alpha value is -1.35. The number of hydrogen-bond donors (Lipinski definition) is 2. The first kappa shape index (κ1) is 11.1. The standard InChI is InChI=1S/C13H17NO2/c14-12(5-6-13(15)16)11-7-9-3-1-2-4-10(9)8-11/h1-4,11-12H,5-8,14H2,(H,15,16). The van der Waals surface area contributed by atoms with Crippen molar-refractivity contribution in [3.63, 3.8) is 0 Å². The summed E-state index contributed by atoms with van der Waals surface area (Å²) >= 11 is 0. The Kier molecular flexibility index (Phi) is 3.25. The first-order valence-electron chi connectivity index (χ1n) is 5.71. The van der Waals surface area contributed by atoms with E-state index in [0.29, 0.717) is 12.3 Å². The summed E-state index contributed by atoms with van der Waals surface area (Å²) in [4.78, 5) is 10.5. The Morgan fingerprint density at radius 3 is 2.44 bits per heavy atom. The Balaban J connectivity index is 1.93. The highest BCUT2D eigenvalue weighted by Gasteiger charge is 2.26. The number of hydrogen-bond acceptors (Lipinski definition) is 2. The molecule has 0 amide bonds. The summed E-state index contributed by atoms with van der Waals surface area (Å²) in [5, 5.41) is 8.62. The molecule has 3 N–H and O–H groups in total. The SMILES string of the molecule is NC(CCC(=O)O)C1Cc2ccccc2C1. The van der Waals surface area contributed by atoms with Crippen molar-refractivity contribution in [1.82, 2.24) is 0 Å². The molecule has 0 radical (unpaired) electrons. The average Bonchev–Trinajstić information content (AvgIpc) is 2.69. The van der Waals surface area contributed by atoms with Crippen LogP contribution in [-0.2, 0) is 17.6 Å². The Morgan fingerprint density at radius 2 is 1.94 bits per heavy atom. The van der Waals surface area contributed by atoms with Crippen molar-refractivity contribution in [2.45, 2.75) is 31.7 Å². The molecule has 1 aromatic carbocycles. The van der Waals surface area contributed by atoms with Crippen LogP contribution in [0.25, 0.3) is 0 Å². The van der Waals surface area contributed by atoms with E-state index in [9.17, 15) is 4.79 Å². The van der Waals surface area contributed by atoms with Crippen LogP contribution in [0.15, 0.2) is 24.3 Å². The lowest BCUT2D eigenvalue weighted by Gasteiger charge is -2.17. The van der Waals surface area contributed by atoms with Crippen molar-refractivity contribution in [2.75, 3.05) is 0 Å². The Bertz CT molecular complexity index is 364. The molecule has 16 heavy (non-hydrogen) atoms. The summed E-state index contributed by atoms with van der Waals surface area (Å²) in [7, 11) is 0. The quantitative estimate of drug-likeness (QED) is 0.808. The minimum absolute atomic E-state index is 0.00324. The van der Waals surface area contributed by atoms with Gasteiger partial charge in [-0.25, -0.2) is 0 Å². The molecule has 1 unspecified atom stereocenters. The van der Waals surface area contributed by atoms with Gasteiger partial charge in [-0.2, -0.15) is 0 Å². The largest absolute Gasteiger partial charge is 0.481 e. The predicted molar refractivity (Wildman–Crippen MR) is 62.2 cm³/mol. The van der Waals surface area contributed by atoms with Gasteiger partial charge in [0.15, 0.2) is 0 Å². The molecule has 86 valence electrons. The molecule has 1 aliphatic rings. The van der Waals surface area contributed by atoms with Crippen LogP contribution in [-0.4, -0.2) is 17.1 Å². The molecule has 0 saturated carbocycles. The normalized spacial score (nSPS) is 17.1. The van der Waals surface area contributed by atoms with E-state index in [-0.39, 0.29) is 12.5 Å². The van der Waals surface area contributed by atoms with Crippen LogP contribution >= 0.6 is 0 Å². The van der Waals surface area contributed by atoms with E-state index in [2.05, 4.69) is 12.1 Å². The first-order valence-corrected chi connectivity index (χ1v) is 5.71. The Labute approximate surface area is 95.3 Å². The maximum Gasteiger partial charge on any atom is 0.303 e. The number of carboxylic acid groups (broad SMARTS) is 1. The molecule has 3 heteroatoms. The van der Waals surface area contributed by atoms with E-state index in [0.717, 1.165) is 12.8 Å². The first-order chi connectivity index (χ1) is 7.66. The van der Waals surface area contributed by atoms with Crippen LogP contribution in [0.4, 0.5) is 0 Å². The van der Waals surface area contributed by atoms with Gasteiger partial charge in [-0.05, 0) is 36.3 Å². The number of fused-ring (bicyclic) bond motifs is 1. The lowest BCUT2D eigenvalue weighted by Crippen LogP contribution is -2.31. The van der Waals surface area contributed by atoms with Gasteiger partial charge in [0.1, 0.15) is 0 Å². The third-order valence-electron chi connectivity index (χ3n) is 3.38. The van der Waals surface area contributed by atoms with Crippen LogP contribution in [0.5, 0.6) is 0 Å². The number of carboxylic acids is 1. The van der Waals surface area contributed by atoms with Crippen molar-refractivity contribution in [2.24, 2.45) is 11.7 Å². The molecule has 1 atom stereocenters. The molecule has 0 aromatic heterocycles. The number of benzene rings is 1. The molecular formula is C13H17NO2. The van der Waals surface area contributed by atoms with Gasteiger partial charge in [0.25, 0.3) is 0 Å². The van der Waals surface area contributed by atoms with E-state index >= 15 is 0 Å². The van der Waals surface area contributed by atoms with Gasteiger partial charge in [-0.15, -0.1) is 0 Å². The van der Waals surface area contributed by atoms with Gasteiger partial charge < -0.3 is 10.8 Å². The van der Waals surface area contributed by atoms with E-state index < -0.39 is 5.97 Å². The van der Waals surface area contributed by atoms with E-state index in [4.69, 9.17) is 10.8 Å². The van der Waals surface area contributed by atoms with Crippen LogP contribution in [0.2, 0.25) is 0 Å². The van der Waals surface area contributed by atoms with Crippen LogP contribution in [0, 0.1) is 5.92 Å². The number of nitrogens with two attached hydrogens (primary N) is 1. The van der Waals surface area contributed by atoms with Gasteiger partial charge in [0, 0.05) is 12.5 Å². The van der Waals surface area contributed by atoms with Gasteiger partial charge in [-0.3, -0.25) is 4.79 Å². The second-order valence-electron chi connectivity index (χ2n) is 4.53. The zero-order valence-electron chi connectivity index (χ0n) is 9.23. The number of aliphatic carboxylic acids is 1. The summed E-state index contributed by atoms with van der Waals surface area (Å²) in [5.74, 6) is -0.345. The third-order valence-corrected chi connectivity index (χ3v) is 3.38. The van der Waals surface area contributed by atoms with Gasteiger partial charge in [0.2, 0.25) is 0 Å². The molecule has 0 spiro atoms. The summed E-state index contributed by atoms with van der Waals surface area (Å²) in [6.45, 7) is 0. The lowest BCUT2D eigenvalue weighted by molar-refractivity contribution is -0.137. The van der Waals surface area contributed by atoms with Gasteiger partial charge in [-0.1, -0.05) is 24.3 Å². The summed E-state index contributed by atoms with van der Waals surface area (Å²) < 4.78 is 0. The smallest absolute Gasteiger partial charge is 0.303 e. The van der Waals surface area contributed by atoms with Crippen molar-refractivity contribution >= 4 is 5.97 Å². The molecule has 1 aliphatic carbocycles. The van der Waals surface area contributed by atoms with E-state index in [1.807, 2.05) is 12.1 Å². The van der Waals surface area contributed by atoms with Crippen molar-refractivity contribution in [3.8, 4) is 0 Å². The zero-order valence-corrected chi connectivity index (χ0v) is 9.23. The maximum atomic E-state index is 10.5. The molecule has 3 nitrogen and oxygen atoms in total. The van der Waals surface area contributed by atoms with Crippen molar-refractivity contribution in [1.29, 1.82) is 0 Å². The molecular weight excluding hydrogens is 202 g/mol. The maximum absolute atomic E-state index is 10.5. The Morgan fingerprint density at radius 1 is 1.38 bits per heavy atom. The van der Waals surface area contributed by atoms with Crippen molar-refractivity contribution in [3.05, 3.63) is 35.4 Å². The summed E-state index contributed by atoms with van der Waals surface area (Å²) in [6.07, 6.45) is 2.75. The van der Waals surface area contributed by atoms with Gasteiger partial charge in [0.05, 0.1) is 0 Å².